The zero-order valence-corrected chi connectivity index (χ0v) is 9.45. The Labute approximate surface area is 99.2 Å². The van der Waals surface area contributed by atoms with Crippen LogP contribution in [0.3, 0.4) is 0 Å². The standard InChI is InChI=1S/C10H8F3N3O2/c1-5-14-15-8-7(9(17)18-2)3-6(4-16(5)8)10(11,12)13/h3-4H,1-2H3. The highest BCUT2D eigenvalue weighted by atomic mass is 19.4. The van der Waals surface area contributed by atoms with Crippen molar-refractivity contribution in [3.8, 4) is 0 Å². The maximum absolute atomic E-state index is 12.7. The van der Waals surface area contributed by atoms with Gasteiger partial charge in [-0.1, -0.05) is 0 Å². The van der Waals surface area contributed by atoms with Crippen LogP contribution in [-0.4, -0.2) is 27.7 Å². The molecule has 0 aliphatic rings. The number of ether oxygens (including phenoxy) is 1. The fourth-order valence-corrected chi connectivity index (χ4v) is 1.52. The van der Waals surface area contributed by atoms with E-state index in [9.17, 15) is 18.0 Å². The van der Waals surface area contributed by atoms with Crippen molar-refractivity contribution in [1.82, 2.24) is 14.6 Å². The van der Waals surface area contributed by atoms with E-state index in [1.807, 2.05) is 0 Å². The van der Waals surface area contributed by atoms with Crippen LogP contribution in [0.15, 0.2) is 12.3 Å². The molecule has 0 fully saturated rings. The summed E-state index contributed by atoms with van der Waals surface area (Å²) in [5, 5.41) is 7.29. The summed E-state index contributed by atoms with van der Waals surface area (Å²) in [7, 11) is 1.09. The Hall–Kier alpha value is -2.12. The molecule has 0 atom stereocenters. The van der Waals surface area contributed by atoms with E-state index < -0.39 is 17.7 Å². The molecule has 5 nitrogen and oxygen atoms in total. The molecule has 2 aromatic heterocycles. The van der Waals surface area contributed by atoms with Crippen molar-refractivity contribution in [1.29, 1.82) is 0 Å². The number of methoxy groups -OCH3 is 1. The van der Waals surface area contributed by atoms with Gasteiger partial charge < -0.3 is 4.74 Å². The SMILES string of the molecule is COC(=O)c1cc(C(F)(F)F)cn2c(C)nnc12. The molecule has 0 radical (unpaired) electrons. The minimum atomic E-state index is -4.56. The van der Waals surface area contributed by atoms with Gasteiger partial charge in [0.15, 0.2) is 5.65 Å². The van der Waals surface area contributed by atoms with Gasteiger partial charge in [-0.15, -0.1) is 10.2 Å². The third-order valence-electron chi connectivity index (χ3n) is 2.41. The molecule has 8 heteroatoms. The fourth-order valence-electron chi connectivity index (χ4n) is 1.52. The summed E-state index contributed by atoms with van der Waals surface area (Å²) in [4.78, 5) is 11.4. The van der Waals surface area contributed by atoms with Gasteiger partial charge >= 0.3 is 12.1 Å². The number of aromatic nitrogens is 3. The molecule has 2 rings (SSSR count). The first-order valence-electron chi connectivity index (χ1n) is 4.85. The van der Waals surface area contributed by atoms with Crippen molar-refractivity contribution in [3.63, 3.8) is 0 Å². The van der Waals surface area contributed by atoms with Gasteiger partial charge in [-0.2, -0.15) is 13.2 Å². The highest BCUT2D eigenvalue weighted by Gasteiger charge is 2.33. The Morgan fingerprint density at radius 3 is 2.61 bits per heavy atom. The molecule has 0 bridgehead atoms. The van der Waals surface area contributed by atoms with Crippen LogP contribution < -0.4 is 0 Å². The van der Waals surface area contributed by atoms with Gasteiger partial charge in [-0.25, -0.2) is 4.79 Å². The van der Waals surface area contributed by atoms with Gasteiger partial charge in [0, 0.05) is 6.20 Å². The molecule has 0 unspecified atom stereocenters. The minimum absolute atomic E-state index is 0.0346. The lowest BCUT2D eigenvalue weighted by Crippen LogP contribution is -2.12. The molecule has 0 N–H and O–H groups in total. The average molecular weight is 259 g/mol. The van der Waals surface area contributed by atoms with Gasteiger partial charge in [0.25, 0.3) is 0 Å². The zero-order valence-electron chi connectivity index (χ0n) is 9.45. The quantitative estimate of drug-likeness (QED) is 0.733. The summed E-state index contributed by atoms with van der Waals surface area (Å²) in [6.45, 7) is 1.49. The highest BCUT2D eigenvalue weighted by molar-refractivity contribution is 5.95. The van der Waals surface area contributed by atoms with Crippen molar-refractivity contribution in [3.05, 3.63) is 29.2 Å². The van der Waals surface area contributed by atoms with Crippen molar-refractivity contribution >= 4 is 11.6 Å². The third-order valence-corrected chi connectivity index (χ3v) is 2.41. The predicted molar refractivity (Wildman–Crippen MR) is 54.1 cm³/mol. The minimum Gasteiger partial charge on any atom is -0.465 e. The number of aryl methyl sites for hydroxylation is 1. The highest BCUT2D eigenvalue weighted by Crippen LogP contribution is 2.30. The van der Waals surface area contributed by atoms with Crippen LogP contribution in [0.4, 0.5) is 13.2 Å². The monoisotopic (exact) mass is 259 g/mol. The normalized spacial score (nSPS) is 11.8. The molecule has 0 aliphatic heterocycles. The number of carbonyl (C=O) groups is 1. The van der Waals surface area contributed by atoms with Crippen molar-refractivity contribution in [2.24, 2.45) is 0 Å². The van der Waals surface area contributed by atoms with Crippen LogP contribution in [-0.2, 0) is 10.9 Å². The van der Waals surface area contributed by atoms with E-state index in [1.165, 1.54) is 6.92 Å². The van der Waals surface area contributed by atoms with Crippen LogP contribution >= 0.6 is 0 Å². The van der Waals surface area contributed by atoms with Crippen molar-refractivity contribution in [2.75, 3.05) is 7.11 Å². The molecule has 96 valence electrons. The molecule has 0 saturated carbocycles. The van der Waals surface area contributed by atoms with Crippen molar-refractivity contribution < 1.29 is 22.7 Å². The number of fused-ring (bicyclic) bond motifs is 1. The van der Waals surface area contributed by atoms with Crippen molar-refractivity contribution in [2.45, 2.75) is 13.1 Å². The lowest BCUT2D eigenvalue weighted by Gasteiger charge is -2.09. The molecule has 0 aromatic carbocycles. The summed E-state index contributed by atoms with van der Waals surface area (Å²) in [6, 6.07) is 0.704. The lowest BCUT2D eigenvalue weighted by atomic mass is 10.2. The van der Waals surface area contributed by atoms with Crippen LogP contribution in [0, 0.1) is 6.92 Å². The topological polar surface area (TPSA) is 56.5 Å². The van der Waals surface area contributed by atoms with Crippen LogP contribution in [0.2, 0.25) is 0 Å². The fraction of sp³-hybridized carbons (Fsp3) is 0.300. The third kappa shape index (κ3) is 1.89. The number of rotatable bonds is 1. The number of pyridine rings is 1. The first-order valence-corrected chi connectivity index (χ1v) is 4.85. The first kappa shape index (κ1) is 12.3. The van der Waals surface area contributed by atoms with E-state index in [1.54, 1.807) is 0 Å². The number of nitrogens with zero attached hydrogens (tertiary/aromatic N) is 3. The van der Waals surface area contributed by atoms with E-state index in [4.69, 9.17) is 0 Å². The maximum Gasteiger partial charge on any atom is 0.417 e. The molecular formula is C10H8F3N3O2. The second kappa shape index (κ2) is 3.97. The second-order valence-electron chi connectivity index (χ2n) is 3.57. The van der Waals surface area contributed by atoms with E-state index in [0.717, 1.165) is 17.7 Å². The first-order chi connectivity index (χ1) is 8.34. The van der Waals surface area contributed by atoms with E-state index in [0.29, 0.717) is 6.07 Å². The smallest absolute Gasteiger partial charge is 0.417 e. The number of hydrogen-bond donors (Lipinski definition) is 0. The van der Waals surface area contributed by atoms with E-state index >= 15 is 0 Å². The second-order valence-corrected chi connectivity index (χ2v) is 3.57. The van der Waals surface area contributed by atoms with Gasteiger partial charge in [0.2, 0.25) is 0 Å². The van der Waals surface area contributed by atoms with Gasteiger partial charge in [0.05, 0.1) is 12.7 Å². The Kier molecular flexibility index (Phi) is 2.72. The molecule has 0 aliphatic carbocycles. The lowest BCUT2D eigenvalue weighted by molar-refractivity contribution is -0.137. The molecule has 0 saturated heterocycles. The molecule has 0 spiro atoms. The average Bonchev–Trinajstić information content (AvgIpc) is 2.68. The summed E-state index contributed by atoms with van der Waals surface area (Å²) in [6.07, 6.45) is -3.72. The molecular weight excluding hydrogens is 251 g/mol. The largest absolute Gasteiger partial charge is 0.465 e. The number of carbonyl (C=O) groups excluding carboxylic acids is 1. The Bertz CT molecular complexity index is 619. The van der Waals surface area contributed by atoms with Gasteiger partial charge in [-0.05, 0) is 13.0 Å². The van der Waals surface area contributed by atoms with E-state index in [-0.39, 0.29) is 17.0 Å². The summed E-state index contributed by atoms with van der Waals surface area (Å²) < 4.78 is 43.6. The zero-order chi connectivity index (χ0) is 13.5. The number of hydrogen-bond acceptors (Lipinski definition) is 4. The van der Waals surface area contributed by atoms with E-state index in [2.05, 4.69) is 14.9 Å². The molecule has 0 amide bonds. The Morgan fingerprint density at radius 1 is 1.39 bits per heavy atom. The van der Waals surface area contributed by atoms with Crippen LogP contribution in [0.5, 0.6) is 0 Å². The number of alkyl halides is 3. The number of halogens is 3. The summed E-state index contributed by atoms with van der Waals surface area (Å²) in [5.74, 6) is -0.639. The summed E-state index contributed by atoms with van der Waals surface area (Å²) >= 11 is 0. The van der Waals surface area contributed by atoms with Gasteiger partial charge in [0.1, 0.15) is 11.4 Å². The molecule has 2 heterocycles. The molecule has 2 aromatic rings. The van der Waals surface area contributed by atoms with Crippen LogP contribution in [0.25, 0.3) is 5.65 Å². The van der Waals surface area contributed by atoms with Gasteiger partial charge in [-0.3, -0.25) is 4.40 Å². The Balaban J connectivity index is 2.78. The predicted octanol–water partition coefficient (Wildman–Crippen LogP) is 1.84. The van der Waals surface area contributed by atoms with Crippen LogP contribution in [0.1, 0.15) is 21.7 Å². The summed E-state index contributed by atoms with van der Waals surface area (Å²) in [5.41, 5.74) is -1.20. The Morgan fingerprint density at radius 2 is 2.06 bits per heavy atom. The molecule has 18 heavy (non-hydrogen) atoms. The maximum atomic E-state index is 12.7. The number of esters is 1.